The molecule has 4 rings (SSSR count). The normalized spacial score (nSPS) is 15.5. The topological polar surface area (TPSA) is 59.2 Å². The molecule has 0 unspecified atom stereocenters. The second kappa shape index (κ2) is 6.54. The van der Waals surface area contributed by atoms with Crippen LogP contribution in [0.4, 0.5) is 24.7 Å². The van der Waals surface area contributed by atoms with Crippen LogP contribution in [0.5, 0.6) is 0 Å². The number of nitrogens with zero attached hydrogens (tertiary/aromatic N) is 6. The lowest BCUT2D eigenvalue weighted by Crippen LogP contribution is -2.47. The van der Waals surface area contributed by atoms with Crippen LogP contribution in [0.3, 0.4) is 0 Å². The summed E-state index contributed by atoms with van der Waals surface area (Å²) in [4.78, 5) is 24.7. The van der Waals surface area contributed by atoms with Gasteiger partial charge in [0.2, 0.25) is 0 Å². The number of imidazole rings is 1. The number of piperazine rings is 1. The zero-order valence-corrected chi connectivity index (χ0v) is 15.4. The second-order valence-corrected chi connectivity index (χ2v) is 6.79. The third-order valence-electron chi connectivity index (χ3n) is 5.13. The third-order valence-corrected chi connectivity index (χ3v) is 5.13. The first kappa shape index (κ1) is 18.3. The first-order chi connectivity index (χ1) is 13.3. The van der Waals surface area contributed by atoms with Crippen molar-refractivity contribution in [2.24, 2.45) is 14.1 Å². The van der Waals surface area contributed by atoms with Gasteiger partial charge in [-0.05, 0) is 18.2 Å². The van der Waals surface area contributed by atoms with Crippen LogP contribution in [0.25, 0.3) is 11.2 Å². The summed E-state index contributed by atoms with van der Waals surface area (Å²) in [5, 5.41) is 0. The summed E-state index contributed by atoms with van der Waals surface area (Å²) in [6, 6.07) is 5.37. The van der Waals surface area contributed by atoms with Crippen molar-refractivity contribution in [3.05, 3.63) is 46.6 Å². The van der Waals surface area contributed by atoms with Crippen molar-refractivity contribution >= 4 is 22.7 Å². The Morgan fingerprint density at radius 3 is 2.32 bits per heavy atom. The van der Waals surface area contributed by atoms with Crippen LogP contribution in [-0.4, -0.2) is 45.3 Å². The average molecular weight is 392 g/mol. The van der Waals surface area contributed by atoms with Crippen molar-refractivity contribution in [1.29, 1.82) is 0 Å². The van der Waals surface area contributed by atoms with Gasteiger partial charge in [-0.1, -0.05) is 6.07 Å². The van der Waals surface area contributed by atoms with Gasteiger partial charge in [0.05, 0.1) is 5.56 Å². The van der Waals surface area contributed by atoms with E-state index < -0.39 is 11.7 Å². The molecule has 2 aromatic heterocycles. The lowest BCUT2D eigenvalue weighted by Gasteiger charge is -2.37. The minimum atomic E-state index is -4.36. The van der Waals surface area contributed by atoms with Gasteiger partial charge in [0.1, 0.15) is 11.8 Å². The quantitative estimate of drug-likeness (QED) is 0.668. The first-order valence-corrected chi connectivity index (χ1v) is 8.81. The van der Waals surface area contributed by atoms with E-state index in [9.17, 15) is 18.0 Å². The Bertz CT molecular complexity index is 1080. The number of anilines is 2. The number of hydrogen-bond donors (Lipinski definition) is 0. The Kier molecular flexibility index (Phi) is 4.28. The number of fused-ring (bicyclic) bond motifs is 1. The zero-order valence-electron chi connectivity index (χ0n) is 15.4. The molecule has 148 valence electrons. The largest absolute Gasteiger partial charge is 0.416 e. The maximum Gasteiger partial charge on any atom is 0.416 e. The molecule has 0 amide bonds. The van der Waals surface area contributed by atoms with Gasteiger partial charge in [0, 0.05) is 46.0 Å². The molecule has 3 aromatic rings. The van der Waals surface area contributed by atoms with Crippen molar-refractivity contribution in [2.45, 2.75) is 6.18 Å². The molecule has 28 heavy (non-hydrogen) atoms. The van der Waals surface area contributed by atoms with Gasteiger partial charge in [-0.3, -0.25) is 9.13 Å². The molecule has 0 aliphatic carbocycles. The van der Waals surface area contributed by atoms with Gasteiger partial charge < -0.3 is 9.80 Å². The molecule has 3 heterocycles. The molecule has 0 atom stereocenters. The van der Waals surface area contributed by atoms with Crippen molar-refractivity contribution in [3.63, 3.8) is 0 Å². The fourth-order valence-corrected chi connectivity index (χ4v) is 3.60. The average Bonchev–Trinajstić information content (AvgIpc) is 2.92. The molecule has 0 N–H and O–H groups in total. The lowest BCUT2D eigenvalue weighted by atomic mass is 10.1. The highest BCUT2D eigenvalue weighted by Gasteiger charge is 2.31. The van der Waals surface area contributed by atoms with E-state index in [2.05, 4.69) is 9.97 Å². The minimum Gasteiger partial charge on any atom is -0.368 e. The fourth-order valence-electron chi connectivity index (χ4n) is 3.60. The highest BCUT2D eigenvalue weighted by Crippen LogP contribution is 2.32. The smallest absolute Gasteiger partial charge is 0.368 e. The molecule has 1 aliphatic heterocycles. The number of alkyl halides is 3. The standard InChI is InChI=1S/C18H19F3N6O/c1-24-14-15(25(2)17(24)28)22-11-23-16(14)27-8-6-26(7-9-27)13-5-3-4-12(10-13)18(19,20)21/h3-5,10-11H,6-9H2,1-2H3. The minimum absolute atomic E-state index is 0.181. The number of hydrogen-bond acceptors (Lipinski definition) is 5. The summed E-state index contributed by atoms with van der Waals surface area (Å²) in [7, 11) is 3.34. The van der Waals surface area contributed by atoms with Crippen LogP contribution in [0, 0.1) is 0 Å². The number of halogens is 3. The van der Waals surface area contributed by atoms with Crippen molar-refractivity contribution in [2.75, 3.05) is 36.0 Å². The Labute approximate surface area is 158 Å². The molecular weight excluding hydrogens is 373 g/mol. The summed E-state index contributed by atoms with van der Waals surface area (Å²) in [6.07, 6.45) is -2.93. The maximum absolute atomic E-state index is 13.0. The Morgan fingerprint density at radius 1 is 0.964 bits per heavy atom. The van der Waals surface area contributed by atoms with E-state index in [1.54, 1.807) is 20.2 Å². The van der Waals surface area contributed by atoms with E-state index in [0.717, 1.165) is 6.07 Å². The predicted molar refractivity (Wildman–Crippen MR) is 99.6 cm³/mol. The molecule has 0 radical (unpaired) electrons. The zero-order chi connectivity index (χ0) is 20.1. The highest BCUT2D eigenvalue weighted by molar-refractivity contribution is 5.84. The summed E-state index contributed by atoms with van der Waals surface area (Å²) < 4.78 is 41.9. The third kappa shape index (κ3) is 2.98. The van der Waals surface area contributed by atoms with Gasteiger partial charge in [0.25, 0.3) is 0 Å². The predicted octanol–water partition coefficient (Wildman–Crippen LogP) is 2.01. The highest BCUT2D eigenvalue weighted by atomic mass is 19.4. The molecule has 7 nitrogen and oxygen atoms in total. The SMILES string of the molecule is Cn1c(=O)n(C)c2c(N3CCN(c4cccc(C(F)(F)F)c4)CC3)ncnc21. The van der Waals surface area contributed by atoms with Gasteiger partial charge in [-0.15, -0.1) is 0 Å². The van der Waals surface area contributed by atoms with Crippen LogP contribution in [0.1, 0.15) is 5.56 Å². The van der Waals surface area contributed by atoms with E-state index >= 15 is 0 Å². The van der Waals surface area contributed by atoms with Crippen LogP contribution in [-0.2, 0) is 20.3 Å². The molecule has 0 spiro atoms. The van der Waals surface area contributed by atoms with Gasteiger partial charge >= 0.3 is 11.9 Å². The van der Waals surface area contributed by atoms with Crippen LogP contribution in [0.15, 0.2) is 35.4 Å². The van der Waals surface area contributed by atoms with E-state index in [1.807, 2.05) is 9.80 Å². The molecular formula is C18H19F3N6O. The van der Waals surface area contributed by atoms with E-state index in [4.69, 9.17) is 0 Å². The summed E-state index contributed by atoms with van der Waals surface area (Å²) in [5.74, 6) is 0.661. The maximum atomic E-state index is 13.0. The Morgan fingerprint density at radius 2 is 1.64 bits per heavy atom. The van der Waals surface area contributed by atoms with E-state index in [-0.39, 0.29) is 5.69 Å². The molecule has 0 bridgehead atoms. The fraction of sp³-hybridized carbons (Fsp3) is 0.389. The van der Waals surface area contributed by atoms with Crippen LogP contribution >= 0.6 is 0 Å². The van der Waals surface area contributed by atoms with Crippen LogP contribution < -0.4 is 15.5 Å². The number of benzene rings is 1. The lowest BCUT2D eigenvalue weighted by molar-refractivity contribution is -0.137. The van der Waals surface area contributed by atoms with Gasteiger partial charge in [-0.25, -0.2) is 14.8 Å². The Hall–Kier alpha value is -3.04. The summed E-state index contributed by atoms with van der Waals surface area (Å²) >= 11 is 0. The Balaban J connectivity index is 1.58. The van der Waals surface area contributed by atoms with Crippen molar-refractivity contribution in [3.8, 4) is 0 Å². The first-order valence-electron chi connectivity index (χ1n) is 8.81. The molecule has 10 heteroatoms. The molecule has 1 fully saturated rings. The van der Waals surface area contributed by atoms with E-state index in [0.29, 0.717) is 48.8 Å². The monoisotopic (exact) mass is 392 g/mol. The van der Waals surface area contributed by atoms with Gasteiger partial charge in [-0.2, -0.15) is 13.2 Å². The molecule has 1 aromatic carbocycles. The van der Waals surface area contributed by atoms with Gasteiger partial charge in [0.15, 0.2) is 11.5 Å². The molecule has 1 aliphatic rings. The number of aryl methyl sites for hydroxylation is 2. The van der Waals surface area contributed by atoms with Crippen LogP contribution in [0.2, 0.25) is 0 Å². The van der Waals surface area contributed by atoms with E-state index in [1.165, 1.54) is 27.6 Å². The molecule has 0 saturated carbocycles. The number of rotatable bonds is 2. The number of aromatic nitrogens is 4. The summed E-state index contributed by atoms with van der Waals surface area (Å²) in [5.41, 5.74) is 0.929. The van der Waals surface area contributed by atoms with Crippen molar-refractivity contribution in [1.82, 2.24) is 19.1 Å². The summed E-state index contributed by atoms with van der Waals surface area (Å²) in [6.45, 7) is 2.25. The van der Waals surface area contributed by atoms with Crippen molar-refractivity contribution < 1.29 is 13.2 Å². The molecule has 1 saturated heterocycles. The second-order valence-electron chi connectivity index (χ2n) is 6.79.